The van der Waals surface area contributed by atoms with Crippen LogP contribution in [0.3, 0.4) is 0 Å². The lowest BCUT2D eigenvalue weighted by Crippen LogP contribution is -2.40. The molecule has 0 bridgehead atoms. The van der Waals surface area contributed by atoms with E-state index in [0.29, 0.717) is 5.57 Å². The van der Waals surface area contributed by atoms with Crippen LogP contribution in [0.4, 0.5) is 11.4 Å². The first-order chi connectivity index (χ1) is 6.09. The van der Waals surface area contributed by atoms with E-state index in [1.165, 1.54) is 0 Å². The SMILES string of the molecule is C=C(C)C(=O)Nc1cccc([NH3+])c1. The summed E-state index contributed by atoms with van der Waals surface area (Å²) in [7, 11) is 0. The first-order valence-corrected chi connectivity index (χ1v) is 3.98. The number of benzene rings is 1. The standard InChI is InChI=1S/C10H12N2O/c1-7(2)10(13)12-9-5-3-4-8(11)6-9/h3-6H,1,11H2,2H3,(H,12,13)/p+1. The zero-order valence-electron chi connectivity index (χ0n) is 7.63. The van der Waals surface area contributed by atoms with Crippen molar-refractivity contribution < 1.29 is 10.5 Å². The monoisotopic (exact) mass is 177 g/mol. The molecule has 0 fully saturated rings. The Bertz CT molecular complexity index is 345. The minimum absolute atomic E-state index is 0.161. The highest BCUT2D eigenvalue weighted by Gasteiger charge is 2.02. The average molecular weight is 177 g/mol. The fourth-order valence-electron chi connectivity index (χ4n) is 0.887. The molecule has 0 aliphatic heterocycles. The summed E-state index contributed by atoms with van der Waals surface area (Å²) in [5, 5.41) is 2.70. The fraction of sp³-hybridized carbons (Fsp3) is 0.100. The van der Waals surface area contributed by atoms with Gasteiger partial charge in [0.05, 0.1) is 0 Å². The molecule has 1 rings (SSSR count). The molecule has 0 saturated carbocycles. The van der Waals surface area contributed by atoms with Gasteiger partial charge in [-0.05, 0) is 19.1 Å². The largest absolute Gasteiger partial charge is 0.325 e. The van der Waals surface area contributed by atoms with Gasteiger partial charge in [0.2, 0.25) is 0 Å². The minimum Gasteiger partial charge on any atom is -0.325 e. The van der Waals surface area contributed by atoms with Crippen molar-refractivity contribution >= 4 is 17.3 Å². The van der Waals surface area contributed by atoms with Crippen LogP contribution in [0.1, 0.15) is 6.92 Å². The van der Waals surface area contributed by atoms with Crippen molar-refractivity contribution in [2.75, 3.05) is 5.32 Å². The van der Waals surface area contributed by atoms with E-state index in [2.05, 4.69) is 17.6 Å². The highest BCUT2D eigenvalue weighted by molar-refractivity contribution is 6.02. The number of hydrogen-bond acceptors (Lipinski definition) is 1. The van der Waals surface area contributed by atoms with Crippen LogP contribution in [0.2, 0.25) is 0 Å². The summed E-state index contributed by atoms with van der Waals surface area (Å²) in [4.78, 5) is 11.2. The molecule has 3 nitrogen and oxygen atoms in total. The third-order valence-corrected chi connectivity index (χ3v) is 1.57. The van der Waals surface area contributed by atoms with Gasteiger partial charge in [0.15, 0.2) is 0 Å². The van der Waals surface area contributed by atoms with Gasteiger partial charge >= 0.3 is 0 Å². The molecule has 3 heteroatoms. The van der Waals surface area contributed by atoms with E-state index in [4.69, 9.17) is 0 Å². The van der Waals surface area contributed by atoms with E-state index in [1.54, 1.807) is 13.0 Å². The number of carbonyl (C=O) groups excluding carboxylic acids is 1. The van der Waals surface area contributed by atoms with E-state index in [1.807, 2.05) is 18.2 Å². The van der Waals surface area contributed by atoms with Crippen molar-refractivity contribution in [1.82, 2.24) is 0 Å². The zero-order chi connectivity index (χ0) is 9.84. The van der Waals surface area contributed by atoms with Crippen LogP contribution < -0.4 is 11.1 Å². The predicted octanol–water partition coefficient (Wildman–Crippen LogP) is 1.07. The molecule has 68 valence electrons. The Morgan fingerprint density at radius 2 is 2.23 bits per heavy atom. The number of hydrogen-bond donors (Lipinski definition) is 2. The molecule has 4 N–H and O–H groups in total. The van der Waals surface area contributed by atoms with Gasteiger partial charge in [-0.2, -0.15) is 0 Å². The first-order valence-electron chi connectivity index (χ1n) is 3.98. The van der Waals surface area contributed by atoms with Crippen molar-refractivity contribution in [2.45, 2.75) is 6.92 Å². The molecule has 0 unspecified atom stereocenters. The second kappa shape index (κ2) is 3.87. The lowest BCUT2D eigenvalue weighted by atomic mass is 10.2. The summed E-state index contributed by atoms with van der Waals surface area (Å²) in [5.74, 6) is -0.161. The summed E-state index contributed by atoms with van der Waals surface area (Å²) in [5.41, 5.74) is 5.88. The molecule has 1 amide bonds. The third-order valence-electron chi connectivity index (χ3n) is 1.57. The van der Waals surface area contributed by atoms with Crippen LogP contribution in [-0.2, 0) is 4.79 Å². The van der Waals surface area contributed by atoms with Gasteiger partial charge in [0.25, 0.3) is 5.91 Å². The van der Waals surface area contributed by atoms with Crippen LogP contribution in [0.5, 0.6) is 0 Å². The van der Waals surface area contributed by atoms with Crippen molar-refractivity contribution in [3.05, 3.63) is 36.4 Å². The topological polar surface area (TPSA) is 56.7 Å². The molecule has 0 saturated heterocycles. The summed E-state index contributed by atoms with van der Waals surface area (Å²) in [6.07, 6.45) is 0. The smallest absolute Gasteiger partial charge is 0.250 e. The summed E-state index contributed by atoms with van der Waals surface area (Å²) < 4.78 is 0. The van der Waals surface area contributed by atoms with Crippen LogP contribution in [0.25, 0.3) is 0 Å². The van der Waals surface area contributed by atoms with Gasteiger partial charge in [-0.1, -0.05) is 12.6 Å². The molecule has 1 aromatic carbocycles. The molecule has 13 heavy (non-hydrogen) atoms. The minimum atomic E-state index is -0.161. The Kier molecular flexibility index (Phi) is 2.82. The van der Waals surface area contributed by atoms with Gasteiger partial charge in [-0.25, -0.2) is 0 Å². The van der Waals surface area contributed by atoms with Gasteiger partial charge in [-0.3, -0.25) is 4.79 Å². The molecule has 0 aliphatic carbocycles. The van der Waals surface area contributed by atoms with Crippen LogP contribution in [0.15, 0.2) is 36.4 Å². The van der Waals surface area contributed by atoms with Gasteiger partial charge in [-0.15, -0.1) is 0 Å². The zero-order valence-corrected chi connectivity index (χ0v) is 7.63. The number of amides is 1. The summed E-state index contributed by atoms with van der Waals surface area (Å²) >= 11 is 0. The second-order valence-electron chi connectivity index (χ2n) is 2.93. The lowest BCUT2D eigenvalue weighted by Gasteiger charge is -2.03. The maximum absolute atomic E-state index is 11.2. The Balaban J connectivity index is 2.75. The third kappa shape index (κ3) is 2.72. The Labute approximate surface area is 77.3 Å². The van der Waals surface area contributed by atoms with Gasteiger partial charge in [0, 0.05) is 17.3 Å². The predicted molar refractivity (Wildman–Crippen MR) is 52.4 cm³/mol. The van der Waals surface area contributed by atoms with E-state index in [-0.39, 0.29) is 5.91 Å². The van der Waals surface area contributed by atoms with E-state index in [9.17, 15) is 4.79 Å². The number of carbonyl (C=O) groups is 1. The first kappa shape index (κ1) is 9.48. The second-order valence-corrected chi connectivity index (χ2v) is 2.93. The Morgan fingerprint density at radius 3 is 2.77 bits per heavy atom. The van der Waals surface area contributed by atoms with Crippen molar-refractivity contribution in [2.24, 2.45) is 0 Å². The molecule has 0 atom stereocenters. The van der Waals surface area contributed by atoms with Crippen LogP contribution in [-0.4, -0.2) is 5.91 Å². The highest BCUT2D eigenvalue weighted by atomic mass is 16.1. The summed E-state index contributed by atoms with van der Waals surface area (Å²) in [6.45, 7) is 5.22. The number of nitrogens with one attached hydrogen (secondary N) is 1. The number of quaternary nitrogens is 1. The number of rotatable bonds is 2. The molecule has 0 aliphatic rings. The van der Waals surface area contributed by atoms with E-state index < -0.39 is 0 Å². The Hall–Kier alpha value is -1.61. The molecular formula is C10H13N2O+. The molecule has 0 spiro atoms. The maximum atomic E-state index is 11.2. The maximum Gasteiger partial charge on any atom is 0.250 e. The molecular weight excluding hydrogens is 164 g/mol. The van der Waals surface area contributed by atoms with Gasteiger partial charge < -0.3 is 11.1 Å². The van der Waals surface area contributed by atoms with E-state index in [0.717, 1.165) is 11.4 Å². The molecule has 0 aromatic heterocycles. The average Bonchev–Trinajstić information content (AvgIpc) is 2.04. The molecule has 0 radical (unpaired) electrons. The van der Waals surface area contributed by atoms with Crippen LogP contribution in [0, 0.1) is 0 Å². The lowest BCUT2D eigenvalue weighted by molar-refractivity contribution is -0.254. The normalized spacial score (nSPS) is 9.38. The highest BCUT2D eigenvalue weighted by Crippen LogP contribution is 2.11. The van der Waals surface area contributed by atoms with Crippen molar-refractivity contribution in [1.29, 1.82) is 0 Å². The van der Waals surface area contributed by atoms with E-state index >= 15 is 0 Å². The fourth-order valence-corrected chi connectivity index (χ4v) is 0.887. The number of anilines is 1. The van der Waals surface area contributed by atoms with Crippen molar-refractivity contribution in [3.8, 4) is 0 Å². The Morgan fingerprint density at radius 1 is 1.54 bits per heavy atom. The molecule has 1 aromatic rings. The van der Waals surface area contributed by atoms with Crippen LogP contribution >= 0.6 is 0 Å². The summed E-state index contributed by atoms with van der Waals surface area (Å²) in [6, 6.07) is 7.34. The van der Waals surface area contributed by atoms with Crippen molar-refractivity contribution in [3.63, 3.8) is 0 Å². The quantitative estimate of drug-likeness (QED) is 0.652. The molecule has 0 heterocycles. The van der Waals surface area contributed by atoms with Gasteiger partial charge in [0.1, 0.15) is 5.69 Å².